The molecule has 3 heteroatoms. The minimum absolute atomic E-state index is 0.0741. The highest BCUT2D eigenvalue weighted by Crippen LogP contribution is 2.57. The maximum atomic E-state index is 11.2. The van der Waals surface area contributed by atoms with Gasteiger partial charge in [0, 0.05) is 0 Å². The molecule has 1 fully saturated rings. The number of aliphatic hydroxyl groups excluding tert-OH is 1. The van der Waals surface area contributed by atoms with Gasteiger partial charge in [-0.2, -0.15) is 0 Å². The van der Waals surface area contributed by atoms with E-state index in [-0.39, 0.29) is 23.4 Å². The van der Waals surface area contributed by atoms with Crippen LogP contribution in [0.5, 0.6) is 0 Å². The molecule has 0 aliphatic heterocycles. The van der Waals surface area contributed by atoms with Crippen LogP contribution in [0, 0.1) is 10.8 Å². The molecule has 0 spiro atoms. The molecule has 2 N–H and O–H groups in total. The molecule has 1 saturated carbocycles. The van der Waals surface area contributed by atoms with Crippen molar-refractivity contribution in [1.82, 2.24) is 0 Å². The SMILES string of the molecule is CCCCCC(O)C=CC=CCC=CCCC1(C)CCCC1(C)CC(=O)O. The number of hydrogen-bond donors (Lipinski definition) is 2. The van der Waals surface area contributed by atoms with Gasteiger partial charge in [0.15, 0.2) is 0 Å². The summed E-state index contributed by atoms with van der Waals surface area (Å²) in [5.41, 5.74) is 0.0531. The first kappa shape index (κ1) is 23.7. The van der Waals surface area contributed by atoms with Crippen molar-refractivity contribution in [3.05, 3.63) is 36.5 Å². The predicted molar refractivity (Wildman–Crippen MR) is 114 cm³/mol. The van der Waals surface area contributed by atoms with E-state index in [0.717, 1.165) is 51.4 Å². The van der Waals surface area contributed by atoms with E-state index in [0.29, 0.717) is 0 Å². The molecule has 1 rings (SSSR count). The Kier molecular flexibility index (Phi) is 10.7. The number of unbranched alkanes of at least 4 members (excludes halogenated alkanes) is 2. The van der Waals surface area contributed by atoms with E-state index in [1.54, 1.807) is 0 Å². The fourth-order valence-corrected chi connectivity index (χ4v) is 4.28. The molecule has 0 aromatic rings. The predicted octanol–water partition coefficient (Wildman–Crippen LogP) is 6.44. The smallest absolute Gasteiger partial charge is 0.303 e. The van der Waals surface area contributed by atoms with Gasteiger partial charge in [0.05, 0.1) is 12.5 Å². The standard InChI is InChI=1S/C24H40O3/c1-4-5-11-15-21(25)16-12-9-7-6-8-10-13-17-23(2)18-14-19-24(23,3)20-22(26)27/h7-10,12,16,21,25H,4-6,11,13-15,17-20H2,1-3H3,(H,26,27). The van der Waals surface area contributed by atoms with Gasteiger partial charge in [0.2, 0.25) is 0 Å². The van der Waals surface area contributed by atoms with Gasteiger partial charge in [0.25, 0.3) is 0 Å². The summed E-state index contributed by atoms with van der Waals surface area (Å²) in [6.07, 6.45) is 22.8. The summed E-state index contributed by atoms with van der Waals surface area (Å²) < 4.78 is 0. The largest absolute Gasteiger partial charge is 0.481 e. The van der Waals surface area contributed by atoms with Crippen molar-refractivity contribution in [2.75, 3.05) is 0 Å². The van der Waals surface area contributed by atoms with Crippen LogP contribution in [0.3, 0.4) is 0 Å². The number of carboxylic acid groups (broad SMARTS) is 1. The molecule has 0 bridgehead atoms. The van der Waals surface area contributed by atoms with Crippen molar-refractivity contribution in [3.8, 4) is 0 Å². The molecule has 0 saturated heterocycles. The van der Waals surface area contributed by atoms with Gasteiger partial charge in [-0.15, -0.1) is 0 Å². The molecular weight excluding hydrogens is 336 g/mol. The molecule has 27 heavy (non-hydrogen) atoms. The second-order valence-electron chi connectivity index (χ2n) is 8.67. The number of aliphatic carboxylic acids is 1. The van der Waals surface area contributed by atoms with E-state index in [9.17, 15) is 15.0 Å². The molecular formula is C24H40O3. The number of carboxylic acids is 1. The molecule has 1 aliphatic carbocycles. The summed E-state index contributed by atoms with van der Waals surface area (Å²) in [6, 6.07) is 0. The van der Waals surface area contributed by atoms with Crippen molar-refractivity contribution in [2.45, 2.75) is 97.5 Å². The van der Waals surface area contributed by atoms with Crippen LogP contribution in [-0.4, -0.2) is 22.3 Å². The fraction of sp³-hybridized carbons (Fsp3) is 0.708. The Morgan fingerprint density at radius 3 is 2.52 bits per heavy atom. The minimum Gasteiger partial charge on any atom is -0.481 e. The lowest BCUT2D eigenvalue weighted by molar-refractivity contribution is -0.141. The van der Waals surface area contributed by atoms with Gasteiger partial charge >= 0.3 is 5.97 Å². The summed E-state index contributed by atoms with van der Waals surface area (Å²) in [7, 11) is 0. The maximum Gasteiger partial charge on any atom is 0.303 e. The average molecular weight is 377 g/mol. The van der Waals surface area contributed by atoms with Gasteiger partial charge in [-0.1, -0.05) is 82.9 Å². The molecule has 0 aromatic heterocycles. The molecule has 0 radical (unpaired) electrons. The van der Waals surface area contributed by atoms with Crippen LogP contribution in [0.2, 0.25) is 0 Å². The van der Waals surface area contributed by atoms with Crippen molar-refractivity contribution in [3.63, 3.8) is 0 Å². The highest BCUT2D eigenvalue weighted by atomic mass is 16.4. The van der Waals surface area contributed by atoms with Crippen LogP contribution in [0.4, 0.5) is 0 Å². The first-order valence-corrected chi connectivity index (χ1v) is 10.7. The van der Waals surface area contributed by atoms with Crippen LogP contribution in [-0.2, 0) is 4.79 Å². The zero-order valence-corrected chi connectivity index (χ0v) is 17.6. The van der Waals surface area contributed by atoms with E-state index in [4.69, 9.17) is 0 Å². The Morgan fingerprint density at radius 1 is 1.07 bits per heavy atom. The zero-order valence-electron chi connectivity index (χ0n) is 17.6. The number of hydrogen-bond acceptors (Lipinski definition) is 2. The Morgan fingerprint density at radius 2 is 1.81 bits per heavy atom. The molecule has 3 atom stereocenters. The second-order valence-corrected chi connectivity index (χ2v) is 8.67. The van der Waals surface area contributed by atoms with Gasteiger partial charge in [-0.25, -0.2) is 0 Å². The lowest BCUT2D eigenvalue weighted by atomic mass is 9.64. The lowest BCUT2D eigenvalue weighted by Crippen LogP contribution is -2.34. The third-order valence-corrected chi connectivity index (χ3v) is 6.44. The minimum atomic E-state index is -0.671. The van der Waals surface area contributed by atoms with Crippen molar-refractivity contribution >= 4 is 5.97 Å². The first-order chi connectivity index (χ1) is 12.8. The van der Waals surface area contributed by atoms with E-state index < -0.39 is 5.97 Å². The molecule has 0 aromatic carbocycles. The van der Waals surface area contributed by atoms with Crippen LogP contribution in [0.15, 0.2) is 36.5 Å². The van der Waals surface area contributed by atoms with Crippen LogP contribution in [0.1, 0.15) is 91.4 Å². The Bertz CT molecular complexity index is 520. The molecule has 154 valence electrons. The highest BCUT2D eigenvalue weighted by Gasteiger charge is 2.48. The van der Waals surface area contributed by atoms with Gasteiger partial charge in [-0.05, 0) is 49.4 Å². The maximum absolute atomic E-state index is 11.2. The molecule has 3 nitrogen and oxygen atoms in total. The zero-order chi connectivity index (χ0) is 20.2. The normalized spacial score (nSPS) is 27.3. The molecule has 0 heterocycles. The number of allylic oxidation sites excluding steroid dienone is 5. The summed E-state index contributed by atoms with van der Waals surface area (Å²) in [5, 5.41) is 19.0. The van der Waals surface area contributed by atoms with Gasteiger partial charge < -0.3 is 10.2 Å². The third kappa shape index (κ3) is 8.47. The number of rotatable bonds is 13. The van der Waals surface area contributed by atoms with Crippen molar-refractivity contribution in [1.29, 1.82) is 0 Å². The Labute approximate surface area is 166 Å². The van der Waals surface area contributed by atoms with Crippen molar-refractivity contribution in [2.24, 2.45) is 10.8 Å². The number of carbonyl (C=O) groups is 1. The highest BCUT2D eigenvalue weighted by molar-refractivity contribution is 5.67. The first-order valence-electron chi connectivity index (χ1n) is 10.7. The summed E-state index contributed by atoms with van der Waals surface area (Å²) in [6.45, 7) is 6.60. The topological polar surface area (TPSA) is 57.5 Å². The van der Waals surface area contributed by atoms with E-state index >= 15 is 0 Å². The summed E-state index contributed by atoms with van der Waals surface area (Å²) >= 11 is 0. The van der Waals surface area contributed by atoms with Crippen molar-refractivity contribution < 1.29 is 15.0 Å². The van der Waals surface area contributed by atoms with E-state index in [1.807, 2.05) is 18.2 Å². The number of aliphatic hydroxyl groups is 1. The molecule has 1 aliphatic rings. The molecule has 0 amide bonds. The Hall–Kier alpha value is -1.35. The van der Waals surface area contributed by atoms with Gasteiger partial charge in [0.1, 0.15) is 0 Å². The van der Waals surface area contributed by atoms with Crippen LogP contribution < -0.4 is 0 Å². The average Bonchev–Trinajstić information content (AvgIpc) is 2.87. The summed E-state index contributed by atoms with van der Waals surface area (Å²) in [5.74, 6) is -0.671. The van der Waals surface area contributed by atoms with E-state index in [2.05, 4.69) is 39.0 Å². The van der Waals surface area contributed by atoms with E-state index in [1.165, 1.54) is 12.8 Å². The molecule has 3 unspecified atom stereocenters. The Balaban J connectivity index is 2.28. The van der Waals surface area contributed by atoms with Crippen LogP contribution >= 0.6 is 0 Å². The second kappa shape index (κ2) is 12.2. The monoisotopic (exact) mass is 376 g/mol. The van der Waals surface area contributed by atoms with Crippen LogP contribution in [0.25, 0.3) is 0 Å². The summed E-state index contributed by atoms with van der Waals surface area (Å²) in [4.78, 5) is 11.2. The van der Waals surface area contributed by atoms with Gasteiger partial charge in [-0.3, -0.25) is 4.79 Å². The third-order valence-electron chi connectivity index (χ3n) is 6.44. The lowest BCUT2D eigenvalue weighted by Gasteiger charge is -2.40. The fourth-order valence-electron chi connectivity index (χ4n) is 4.28. The quantitative estimate of drug-likeness (QED) is 0.221.